The first kappa shape index (κ1) is 10.6. The number of carbonyl (C=O) groups is 1. The highest BCUT2D eigenvalue weighted by molar-refractivity contribution is 5.98. The predicted octanol–water partition coefficient (Wildman–Crippen LogP) is 1.46. The van der Waals surface area contributed by atoms with E-state index < -0.39 is 0 Å². The molecule has 4 nitrogen and oxygen atoms in total. The summed E-state index contributed by atoms with van der Waals surface area (Å²) in [4.78, 5) is 12.1. The number of allylic oxidation sites excluding steroid dienone is 1. The van der Waals surface area contributed by atoms with Gasteiger partial charge in [0, 0.05) is 18.3 Å². The Kier molecular flexibility index (Phi) is 2.73. The molecule has 0 bridgehead atoms. The monoisotopic (exact) mass is 232 g/mol. The molecule has 0 spiro atoms. The fraction of sp³-hybridized carbons (Fsp3) is 0.462. The molecular weight excluding hydrogens is 216 g/mol. The highest BCUT2D eigenvalue weighted by Gasteiger charge is 2.30. The number of rotatable bonds is 2. The molecule has 1 aromatic heterocycles. The lowest BCUT2D eigenvalue weighted by Gasteiger charge is -2.35. The lowest BCUT2D eigenvalue weighted by molar-refractivity contribution is 0.0907. The molecule has 17 heavy (non-hydrogen) atoms. The largest absolute Gasteiger partial charge is 0.461 e. The van der Waals surface area contributed by atoms with Gasteiger partial charge in [-0.15, -0.1) is 0 Å². The van der Waals surface area contributed by atoms with E-state index in [9.17, 15) is 4.79 Å². The molecule has 0 unspecified atom stereocenters. The molecule has 2 N–H and O–H groups in total. The van der Waals surface area contributed by atoms with Gasteiger partial charge in [0.15, 0.2) is 5.76 Å². The number of fused-ring (bicyclic) bond motifs is 1. The Labute approximate surface area is 100 Å². The fourth-order valence-electron chi connectivity index (χ4n) is 2.51. The van der Waals surface area contributed by atoms with Crippen molar-refractivity contribution in [1.29, 1.82) is 0 Å². The second-order valence-corrected chi connectivity index (χ2v) is 4.59. The molecule has 1 saturated heterocycles. The molecule has 1 aliphatic heterocycles. The number of hydrogen-bond acceptors (Lipinski definition) is 4. The highest BCUT2D eigenvalue weighted by Crippen LogP contribution is 2.20. The molecule has 0 aromatic carbocycles. The van der Waals surface area contributed by atoms with Crippen molar-refractivity contribution >= 4 is 5.78 Å². The van der Waals surface area contributed by atoms with E-state index in [1.165, 1.54) is 18.4 Å². The molecular formula is C13H16N2O2. The molecule has 2 atom stereocenters. The van der Waals surface area contributed by atoms with E-state index >= 15 is 0 Å². The second kappa shape index (κ2) is 4.37. The summed E-state index contributed by atoms with van der Waals surface area (Å²) in [6.45, 7) is 0.668. The highest BCUT2D eigenvalue weighted by atomic mass is 16.3. The van der Waals surface area contributed by atoms with Crippen molar-refractivity contribution in [1.82, 2.24) is 10.6 Å². The van der Waals surface area contributed by atoms with Crippen LogP contribution >= 0.6 is 0 Å². The Morgan fingerprint density at radius 2 is 2.41 bits per heavy atom. The number of hydrogen-bond donors (Lipinski definition) is 2. The molecule has 1 fully saturated rings. The molecule has 0 amide bonds. The third-order valence-corrected chi connectivity index (χ3v) is 3.43. The Balaban J connectivity index is 1.74. The first-order chi connectivity index (χ1) is 8.34. The summed E-state index contributed by atoms with van der Waals surface area (Å²) in [6.07, 6.45) is 7.21. The molecule has 2 aliphatic rings. The lowest BCUT2D eigenvalue weighted by atomic mass is 9.94. The van der Waals surface area contributed by atoms with Crippen LogP contribution < -0.4 is 10.6 Å². The number of piperazine rings is 1. The zero-order valence-corrected chi connectivity index (χ0v) is 9.61. The zero-order valence-electron chi connectivity index (χ0n) is 9.61. The van der Waals surface area contributed by atoms with E-state index in [1.807, 2.05) is 0 Å². The molecule has 3 rings (SSSR count). The van der Waals surface area contributed by atoms with Crippen LogP contribution in [0.3, 0.4) is 0 Å². The van der Waals surface area contributed by atoms with Crippen molar-refractivity contribution < 1.29 is 9.21 Å². The standard InChI is InChI=1S/C13H16N2O2/c16-13(12-6-3-7-17-12)11-8-14-9-4-1-2-5-10(9)15-11/h3,5-7,9,11,14-15H,1-2,4,8H2/t9-,11-/m0/s1. The van der Waals surface area contributed by atoms with Crippen LogP contribution in [0, 0.1) is 0 Å². The van der Waals surface area contributed by atoms with Gasteiger partial charge in [-0.1, -0.05) is 6.08 Å². The molecule has 1 aromatic rings. The fourth-order valence-corrected chi connectivity index (χ4v) is 2.51. The molecule has 0 radical (unpaired) electrons. The van der Waals surface area contributed by atoms with Gasteiger partial charge in [-0.05, 0) is 31.4 Å². The van der Waals surface area contributed by atoms with Crippen molar-refractivity contribution in [3.8, 4) is 0 Å². The summed E-state index contributed by atoms with van der Waals surface area (Å²) >= 11 is 0. The zero-order chi connectivity index (χ0) is 11.7. The number of nitrogens with one attached hydrogen (secondary N) is 2. The van der Waals surface area contributed by atoms with E-state index in [4.69, 9.17) is 4.42 Å². The average molecular weight is 232 g/mol. The minimum absolute atomic E-state index is 0.0208. The van der Waals surface area contributed by atoms with Gasteiger partial charge >= 0.3 is 0 Å². The molecule has 2 heterocycles. The van der Waals surface area contributed by atoms with E-state index in [1.54, 1.807) is 12.1 Å². The van der Waals surface area contributed by atoms with Crippen molar-refractivity contribution in [2.24, 2.45) is 0 Å². The number of Topliss-reactive ketones (excluding diaryl/α,β-unsaturated/α-hetero) is 1. The van der Waals surface area contributed by atoms with E-state index in [0.717, 1.165) is 12.8 Å². The molecule has 90 valence electrons. The molecule has 4 heteroatoms. The van der Waals surface area contributed by atoms with E-state index in [2.05, 4.69) is 16.7 Å². The SMILES string of the molecule is O=C(c1ccco1)[C@@H]1CN[C@H]2CCCC=C2N1. The van der Waals surface area contributed by atoms with E-state index in [-0.39, 0.29) is 11.8 Å². The third-order valence-electron chi connectivity index (χ3n) is 3.43. The Morgan fingerprint density at radius 1 is 1.47 bits per heavy atom. The summed E-state index contributed by atoms with van der Waals surface area (Å²) in [5, 5.41) is 6.75. The van der Waals surface area contributed by atoms with Crippen LogP contribution in [0.15, 0.2) is 34.6 Å². The van der Waals surface area contributed by atoms with Crippen LogP contribution in [0.1, 0.15) is 29.8 Å². The Hall–Kier alpha value is -1.55. The van der Waals surface area contributed by atoms with Gasteiger partial charge in [0.1, 0.15) is 6.04 Å². The number of furan rings is 1. The summed E-state index contributed by atoms with van der Waals surface area (Å²) < 4.78 is 5.15. The smallest absolute Gasteiger partial charge is 0.221 e. The van der Waals surface area contributed by atoms with Gasteiger partial charge in [0.05, 0.1) is 6.26 Å². The van der Waals surface area contributed by atoms with Gasteiger partial charge in [0.25, 0.3) is 0 Å². The minimum atomic E-state index is -0.207. The topological polar surface area (TPSA) is 54.3 Å². The second-order valence-electron chi connectivity index (χ2n) is 4.59. The third kappa shape index (κ3) is 2.00. The normalized spacial score (nSPS) is 27.9. The first-order valence-corrected chi connectivity index (χ1v) is 6.12. The Morgan fingerprint density at radius 3 is 3.24 bits per heavy atom. The Bertz CT molecular complexity index is 436. The molecule has 1 aliphatic carbocycles. The maximum absolute atomic E-state index is 12.1. The van der Waals surface area contributed by atoms with Gasteiger partial charge < -0.3 is 15.1 Å². The first-order valence-electron chi connectivity index (χ1n) is 6.12. The van der Waals surface area contributed by atoms with Crippen LogP contribution in [0.2, 0.25) is 0 Å². The van der Waals surface area contributed by atoms with Crippen molar-refractivity contribution in [3.63, 3.8) is 0 Å². The van der Waals surface area contributed by atoms with Crippen molar-refractivity contribution in [2.75, 3.05) is 6.54 Å². The van der Waals surface area contributed by atoms with Gasteiger partial charge in [-0.3, -0.25) is 4.79 Å². The summed E-state index contributed by atoms with van der Waals surface area (Å²) in [5.41, 5.74) is 1.17. The summed E-state index contributed by atoms with van der Waals surface area (Å²) in [5.74, 6) is 0.451. The van der Waals surface area contributed by atoms with Crippen molar-refractivity contribution in [3.05, 3.63) is 35.9 Å². The van der Waals surface area contributed by atoms with Crippen molar-refractivity contribution in [2.45, 2.75) is 31.3 Å². The van der Waals surface area contributed by atoms with Crippen LogP contribution in [-0.4, -0.2) is 24.4 Å². The lowest BCUT2D eigenvalue weighted by Crippen LogP contribution is -2.56. The van der Waals surface area contributed by atoms with Crippen LogP contribution in [0.4, 0.5) is 0 Å². The van der Waals surface area contributed by atoms with E-state index in [0.29, 0.717) is 18.3 Å². The predicted molar refractivity (Wildman–Crippen MR) is 63.7 cm³/mol. The summed E-state index contributed by atoms with van der Waals surface area (Å²) in [6, 6.07) is 3.66. The van der Waals surface area contributed by atoms with Crippen LogP contribution in [0.5, 0.6) is 0 Å². The number of ketones is 1. The average Bonchev–Trinajstić information content (AvgIpc) is 2.91. The van der Waals surface area contributed by atoms with Gasteiger partial charge in [-0.25, -0.2) is 0 Å². The maximum atomic E-state index is 12.1. The summed E-state index contributed by atoms with van der Waals surface area (Å²) in [7, 11) is 0. The molecule has 0 saturated carbocycles. The number of carbonyl (C=O) groups excluding carboxylic acids is 1. The van der Waals surface area contributed by atoms with Crippen LogP contribution in [0.25, 0.3) is 0 Å². The van der Waals surface area contributed by atoms with Gasteiger partial charge in [0.2, 0.25) is 5.78 Å². The quantitative estimate of drug-likeness (QED) is 0.758. The minimum Gasteiger partial charge on any atom is -0.461 e. The van der Waals surface area contributed by atoms with Gasteiger partial charge in [-0.2, -0.15) is 0 Å². The maximum Gasteiger partial charge on any atom is 0.221 e. The van der Waals surface area contributed by atoms with Crippen LogP contribution in [-0.2, 0) is 0 Å².